The number of carbonyl (C=O) groups excluding carboxylic acids is 1. The normalized spacial score (nSPS) is 20.1. The molecule has 1 heterocycles. The van der Waals surface area contributed by atoms with Crippen molar-refractivity contribution in [3.63, 3.8) is 0 Å². The zero-order valence-corrected chi connectivity index (χ0v) is 19.2. The highest BCUT2D eigenvalue weighted by molar-refractivity contribution is 7.89. The summed E-state index contributed by atoms with van der Waals surface area (Å²) in [5, 5.41) is 0. The molecule has 0 spiro atoms. The van der Waals surface area contributed by atoms with Gasteiger partial charge in [0, 0.05) is 31.6 Å². The van der Waals surface area contributed by atoms with Crippen LogP contribution in [0.2, 0.25) is 0 Å². The van der Waals surface area contributed by atoms with Crippen molar-refractivity contribution in [2.75, 3.05) is 19.6 Å². The van der Waals surface area contributed by atoms with E-state index in [1.165, 1.54) is 12.8 Å². The highest BCUT2D eigenvalue weighted by Crippen LogP contribution is 2.30. The first-order chi connectivity index (χ1) is 13.6. The van der Waals surface area contributed by atoms with Crippen molar-refractivity contribution in [1.29, 1.82) is 0 Å². The molecule has 1 amide bonds. The molecule has 162 valence electrons. The van der Waals surface area contributed by atoms with Gasteiger partial charge in [-0.2, -0.15) is 4.31 Å². The monoisotopic (exact) mass is 420 g/mol. The molecule has 1 aliphatic carbocycles. The Labute approximate surface area is 176 Å². The summed E-state index contributed by atoms with van der Waals surface area (Å²) in [7, 11) is -3.51. The molecule has 0 aromatic heterocycles. The van der Waals surface area contributed by atoms with Crippen LogP contribution in [-0.4, -0.2) is 49.2 Å². The predicted octanol–water partition coefficient (Wildman–Crippen LogP) is 4.18. The maximum atomic E-state index is 13.1. The predicted molar refractivity (Wildman–Crippen MR) is 116 cm³/mol. The second-order valence-electron chi connectivity index (χ2n) is 9.52. The van der Waals surface area contributed by atoms with Gasteiger partial charge in [-0.15, -0.1) is 0 Å². The van der Waals surface area contributed by atoms with Gasteiger partial charge in [0.15, 0.2) is 0 Å². The van der Waals surface area contributed by atoms with Crippen LogP contribution in [0.4, 0.5) is 0 Å². The van der Waals surface area contributed by atoms with Gasteiger partial charge in [0.05, 0.1) is 4.90 Å². The first-order valence-electron chi connectivity index (χ1n) is 11.1. The summed E-state index contributed by atoms with van der Waals surface area (Å²) in [5.41, 5.74) is 1.11. The first-order valence-corrected chi connectivity index (χ1v) is 12.5. The number of sulfonamides is 1. The van der Waals surface area contributed by atoms with Gasteiger partial charge in [0.1, 0.15) is 0 Å². The summed E-state index contributed by atoms with van der Waals surface area (Å²) in [6, 6.07) is 7.63. The number of piperidine rings is 1. The smallest absolute Gasteiger partial charge is 0.243 e. The number of rotatable bonds is 5. The second-order valence-corrected chi connectivity index (χ2v) is 11.5. The summed E-state index contributed by atoms with van der Waals surface area (Å²) in [5.74, 6) is 0.177. The van der Waals surface area contributed by atoms with Crippen LogP contribution in [0.15, 0.2) is 29.2 Å². The fraction of sp³-hybridized carbons (Fsp3) is 0.696. The van der Waals surface area contributed by atoms with Gasteiger partial charge in [-0.05, 0) is 55.7 Å². The summed E-state index contributed by atoms with van der Waals surface area (Å²) in [4.78, 5) is 15.4. The Kier molecular flexibility index (Phi) is 6.74. The van der Waals surface area contributed by atoms with Gasteiger partial charge in [0.25, 0.3) is 0 Å². The van der Waals surface area contributed by atoms with Crippen LogP contribution < -0.4 is 0 Å². The van der Waals surface area contributed by atoms with Crippen LogP contribution in [0.1, 0.15) is 71.8 Å². The quantitative estimate of drug-likeness (QED) is 0.718. The number of hydrogen-bond acceptors (Lipinski definition) is 3. The van der Waals surface area contributed by atoms with Crippen LogP contribution in [0, 0.1) is 5.92 Å². The van der Waals surface area contributed by atoms with E-state index in [0.717, 1.165) is 24.9 Å². The minimum Gasteiger partial charge on any atom is -0.340 e. The third-order valence-corrected chi connectivity index (χ3v) is 8.46. The van der Waals surface area contributed by atoms with E-state index in [1.807, 2.05) is 17.0 Å². The van der Waals surface area contributed by atoms with E-state index in [1.54, 1.807) is 16.4 Å². The first kappa shape index (κ1) is 22.3. The van der Waals surface area contributed by atoms with Crippen LogP contribution in [0.3, 0.4) is 0 Å². The second kappa shape index (κ2) is 8.76. The summed E-state index contributed by atoms with van der Waals surface area (Å²) >= 11 is 0. The lowest BCUT2D eigenvalue weighted by Gasteiger charge is -2.35. The van der Waals surface area contributed by atoms with E-state index >= 15 is 0 Å². The number of nitrogens with zero attached hydrogens (tertiary/aromatic N) is 2. The average Bonchev–Trinajstić information content (AvgIpc) is 3.22. The third kappa shape index (κ3) is 4.85. The van der Waals surface area contributed by atoms with Gasteiger partial charge in [0.2, 0.25) is 15.9 Å². The van der Waals surface area contributed by atoms with Gasteiger partial charge in [-0.3, -0.25) is 4.79 Å². The van der Waals surface area contributed by atoms with Gasteiger partial charge in [-0.1, -0.05) is 45.7 Å². The largest absolute Gasteiger partial charge is 0.340 e. The fourth-order valence-corrected chi connectivity index (χ4v) is 6.13. The third-order valence-electron chi connectivity index (χ3n) is 6.55. The van der Waals surface area contributed by atoms with E-state index < -0.39 is 10.0 Å². The van der Waals surface area contributed by atoms with Gasteiger partial charge in [-0.25, -0.2) is 8.42 Å². The maximum absolute atomic E-state index is 13.1. The number of carbonyl (C=O) groups is 1. The minimum absolute atomic E-state index is 0.00846. The van der Waals surface area contributed by atoms with E-state index in [2.05, 4.69) is 27.7 Å². The molecule has 6 heteroatoms. The number of benzene rings is 1. The topological polar surface area (TPSA) is 57.7 Å². The molecule has 1 aromatic carbocycles. The molecular weight excluding hydrogens is 384 g/mol. The Morgan fingerprint density at radius 2 is 1.59 bits per heavy atom. The van der Waals surface area contributed by atoms with Crippen molar-refractivity contribution < 1.29 is 13.2 Å². The minimum atomic E-state index is -3.51. The highest BCUT2D eigenvalue weighted by Gasteiger charge is 2.35. The lowest BCUT2D eigenvalue weighted by Crippen LogP contribution is -2.47. The molecule has 1 saturated heterocycles. The lowest BCUT2D eigenvalue weighted by atomic mass is 9.87. The van der Waals surface area contributed by atoms with Gasteiger partial charge < -0.3 is 4.90 Å². The molecule has 29 heavy (non-hydrogen) atoms. The highest BCUT2D eigenvalue weighted by atomic mass is 32.2. The molecule has 1 aromatic rings. The van der Waals surface area contributed by atoms with E-state index in [0.29, 0.717) is 36.9 Å². The molecule has 0 bridgehead atoms. The molecule has 0 unspecified atom stereocenters. The molecule has 1 saturated carbocycles. The molecule has 2 fully saturated rings. The standard InChI is InChI=1S/C23H36N2O3S/c1-5-25(20-8-6-7-9-20)22(26)18-14-16-24(17-15-18)29(27,28)21-12-10-19(11-13-21)23(2,3)4/h10-13,18,20H,5-9,14-17H2,1-4H3. The Morgan fingerprint density at radius 3 is 2.07 bits per heavy atom. The van der Waals surface area contributed by atoms with Crippen LogP contribution in [-0.2, 0) is 20.2 Å². The Bertz CT molecular complexity index is 798. The Morgan fingerprint density at radius 1 is 1.03 bits per heavy atom. The number of hydrogen-bond donors (Lipinski definition) is 0. The molecule has 2 aliphatic rings. The molecule has 0 radical (unpaired) electrons. The summed E-state index contributed by atoms with van der Waals surface area (Å²) in [6.07, 6.45) is 5.86. The molecular formula is C23H36N2O3S. The van der Waals surface area contributed by atoms with Crippen LogP contribution >= 0.6 is 0 Å². The average molecular weight is 421 g/mol. The van der Waals surface area contributed by atoms with Crippen molar-refractivity contribution in [3.8, 4) is 0 Å². The summed E-state index contributed by atoms with van der Waals surface area (Å²) in [6.45, 7) is 9.99. The Hall–Kier alpha value is -1.40. The number of amides is 1. The summed E-state index contributed by atoms with van der Waals surface area (Å²) < 4.78 is 27.7. The zero-order valence-electron chi connectivity index (χ0n) is 18.4. The van der Waals surface area contributed by atoms with E-state index in [9.17, 15) is 13.2 Å². The molecule has 3 rings (SSSR count). The molecule has 0 atom stereocenters. The Balaban J connectivity index is 1.64. The molecule has 5 nitrogen and oxygen atoms in total. The molecule has 1 aliphatic heterocycles. The van der Waals surface area contributed by atoms with E-state index in [-0.39, 0.29) is 17.2 Å². The van der Waals surface area contributed by atoms with Crippen molar-refractivity contribution >= 4 is 15.9 Å². The van der Waals surface area contributed by atoms with Crippen molar-refractivity contribution in [1.82, 2.24) is 9.21 Å². The SMILES string of the molecule is CCN(C(=O)C1CCN(S(=O)(=O)c2ccc(C(C)(C)C)cc2)CC1)C1CCCC1. The van der Waals surface area contributed by atoms with Crippen molar-refractivity contribution in [3.05, 3.63) is 29.8 Å². The van der Waals surface area contributed by atoms with E-state index in [4.69, 9.17) is 0 Å². The fourth-order valence-electron chi connectivity index (χ4n) is 4.66. The zero-order chi connectivity index (χ0) is 21.2. The maximum Gasteiger partial charge on any atom is 0.243 e. The van der Waals surface area contributed by atoms with Crippen molar-refractivity contribution in [2.24, 2.45) is 5.92 Å². The van der Waals surface area contributed by atoms with Crippen LogP contribution in [0.25, 0.3) is 0 Å². The lowest BCUT2D eigenvalue weighted by molar-refractivity contribution is -0.138. The van der Waals surface area contributed by atoms with Gasteiger partial charge >= 0.3 is 0 Å². The molecule has 0 N–H and O–H groups in total. The van der Waals surface area contributed by atoms with Crippen molar-refractivity contribution in [2.45, 2.75) is 82.6 Å². The van der Waals surface area contributed by atoms with Crippen LogP contribution in [0.5, 0.6) is 0 Å².